The predicted octanol–water partition coefficient (Wildman–Crippen LogP) is 2.04. The fourth-order valence-electron chi connectivity index (χ4n) is 2.46. The first kappa shape index (κ1) is 15.9. The molecule has 1 aliphatic rings. The average Bonchev–Trinajstić information content (AvgIpc) is 3.11. The van der Waals surface area contributed by atoms with E-state index in [-0.39, 0.29) is 12.1 Å². The molecule has 0 saturated carbocycles. The summed E-state index contributed by atoms with van der Waals surface area (Å²) in [4.78, 5) is 25.0. The lowest BCUT2D eigenvalue weighted by atomic mass is 10.1. The number of hydrogen-bond donors (Lipinski definition) is 3. The van der Waals surface area contributed by atoms with Crippen molar-refractivity contribution in [2.24, 2.45) is 0 Å². The minimum absolute atomic E-state index is 0.317. The summed E-state index contributed by atoms with van der Waals surface area (Å²) >= 11 is 0. The van der Waals surface area contributed by atoms with Gasteiger partial charge >= 0.3 is 12.1 Å². The third-order valence-electron chi connectivity index (χ3n) is 3.66. The van der Waals surface area contributed by atoms with Gasteiger partial charge in [-0.15, -0.1) is 0 Å². The molecular formula is C16H19N5O3. The minimum Gasteiger partial charge on any atom is -0.449 e. The minimum atomic E-state index is -0.323. The van der Waals surface area contributed by atoms with Crippen LogP contribution < -0.4 is 10.6 Å². The van der Waals surface area contributed by atoms with Gasteiger partial charge in [0.05, 0.1) is 12.3 Å². The van der Waals surface area contributed by atoms with Crippen molar-refractivity contribution in [2.75, 3.05) is 31.6 Å². The number of urea groups is 1. The highest BCUT2D eigenvalue weighted by Crippen LogP contribution is 2.20. The second kappa shape index (κ2) is 7.49. The number of anilines is 1. The Morgan fingerprint density at radius 1 is 1.38 bits per heavy atom. The van der Waals surface area contributed by atoms with Crippen molar-refractivity contribution in [3.63, 3.8) is 0 Å². The van der Waals surface area contributed by atoms with Crippen LogP contribution >= 0.6 is 0 Å². The fraction of sp³-hybridized carbons (Fsp3) is 0.312. The zero-order chi connectivity index (χ0) is 16.8. The lowest BCUT2D eigenvalue weighted by Gasteiger charge is -2.26. The van der Waals surface area contributed by atoms with Crippen molar-refractivity contribution in [3.8, 4) is 11.3 Å². The van der Waals surface area contributed by atoms with E-state index < -0.39 is 0 Å². The largest absolute Gasteiger partial charge is 0.449 e. The van der Waals surface area contributed by atoms with Crippen LogP contribution in [0.2, 0.25) is 0 Å². The Hall–Kier alpha value is -3.03. The summed E-state index contributed by atoms with van der Waals surface area (Å²) in [6.07, 6.45) is 2.17. The van der Waals surface area contributed by atoms with E-state index in [1.807, 2.05) is 24.3 Å². The molecule has 3 rings (SSSR count). The number of rotatable bonds is 5. The summed E-state index contributed by atoms with van der Waals surface area (Å²) in [5.41, 5.74) is 2.49. The molecule has 8 nitrogen and oxygen atoms in total. The maximum absolute atomic E-state index is 12.0. The zero-order valence-electron chi connectivity index (χ0n) is 13.1. The van der Waals surface area contributed by atoms with E-state index in [9.17, 15) is 9.59 Å². The van der Waals surface area contributed by atoms with Crippen molar-refractivity contribution in [3.05, 3.63) is 36.5 Å². The molecular weight excluding hydrogens is 310 g/mol. The zero-order valence-corrected chi connectivity index (χ0v) is 13.1. The van der Waals surface area contributed by atoms with E-state index >= 15 is 0 Å². The third kappa shape index (κ3) is 4.03. The monoisotopic (exact) mass is 329 g/mol. The molecule has 2 heterocycles. The second-order valence-electron chi connectivity index (χ2n) is 5.39. The number of H-pyrrole nitrogens is 1. The fourth-order valence-corrected chi connectivity index (χ4v) is 2.46. The smallest absolute Gasteiger partial charge is 0.409 e. The molecule has 1 aromatic carbocycles. The standard InChI is InChI=1S/C16H19N5O3/c22-15(17-7-9-21-8-2-10-24-16(21)23)19-13-4-1-3-12(11-13)14-5-6-18-20-14/h1,3-6,11H,2,7-10H2,(H,18,20)(H2,17,19,22). The van der Waals surface area contributed by atoms with Crippen LogP contribution in [0.15, 0.2) is 36.5 Å². The highest BCUT2D eigenvalue weighted by Gasteiger charge is 2.18. The van der Waals surface area contributed by atoms with Crippen LogP contribution in [-0.4, -0.2) is 53.5 Å². The molecule has 2 aromatic rings. The predicted molar refractivity (Wildman–Crippen MR) is 88.6 cm³/mol. The van der Waals surface area contributed by atoms with Gasteiger partial charge in [0.1, 0.15) is 0 Å². The van der Waals surface area contributed by atoms with E-state index in [1.54, 1.807) is 17.2 Å². The number of nitrogens with zero attached hydrogens (tertiary/aromatic N) is 2. The Kier molecular flexibility index (Phi) is 4.95. The van der Waals surface area contributed by atoms with E-state index in [1.165, 1.54) is 0 Å². The summed E-state index contributed by atoms with van der Waals surface area (Å²) < 4.78 is 4.94. The van der Waals surface area contributed by atoms with Crippen molar-refractivity contribution < 1.29 is 14.3 Å². The molecule has 24 heavy (non-hydrogen) atoms. The molecule has 1 fully saturated rings. The van der Waals surface area contributed by atoms with E-state index in [0.29, 0.717) is 31.9 Å². The molecule has 0 spiro atoms. The molecule has 3 N–H and O–H groups in total. The van der Waals surface area contributed by atoms with Crippen molar-refractivity contribution in [2.45, 2.75) is 6.42 Å². The highest BCUT2D eigenvalue weighted by atomic mass is 16.6. The number of aromatic nitrogens is 2. The van der Waals surface area contributed by atoms with Crippen molar-refractivity contribution in [1.29, 1.82) is 0 Å². The number of ether oxygens (including phenoxy) is 1. The third-order valence-corrected chi connectivity index (χ3v) is 3.66. The van der Waals surface area contributed by atoms with Crippen LogP contribution in [-0.2, 0) is 4.74 Å². The number of hydrogen-bond acceptors (Lipinski definition) is 4. The quantitative estimate of drug-likeness (QED) is 0.781. The van der Waals surface area contributed by atoms with Gasteiger partial charge in [0.15, 0.2) is 0 Å². The first-order valence-electron chi connectivity index (χ1n) is 7.79. The molecule has 0 unspecified atom stereocenters. The van der Waals surface area contributed by atoms with Gasteiger partial charge in [-0.25, -0.2) is 9.59 Å². The number of amides is 3. The number of carbonyl (C=O) groups excluding carboxylic acids is 2. The van der Waals surface area contributed by atoms with E-state index in [2.05, 4.69) is 20.8 Å². The number of cyclic esters (lactones) is 1. The van der Waals surface area contributed by atoms with Crippen LogP contribution in [0, 0.1) is 0 Å². The first-order chi connectivity index (χ1) is 11.7. The van der Waals surface area contributed by atoms with E-state index in [0.717, 1.165) is 17.7 Å². The highest BCUT2D eigenvalue weighted by molar-refractivity contribution is 5.90. The summed E-state index contributed by atoms with van der Waals surface area (Å²) in [7, 11) is 0. The molecule has 1 aliphatic heterocycles. The van der Waals surface area contributed by atoms with Gasteiger partial charge in [0.2, 0.25) is 0 Å². The maximum Gasteiger partial charge on any atom is 0.409 e. The number of aromatic amines is 1. The lowest BCUT2D eigenvalue weighted by molar-refractivity contribution is 0.0736. The van der Waals surface area contributed by atoms with Gasteiger partial charge in [-0.05, 0) is 24.6 Å². The van der Waals surface area contributed by atoms with Crippen LogP contribution in [0.1, 0.15) is 6.42 Å². The molecule has 0 aliphatic carbocycles. The molecule has 8 heteroatoms. The van der Waals surface area contributed by atoms with Gasteiger partial charge in [-0.1, -0.05) is 12.1 Å². The number of benzene rings is 1. The first-order valence-corrected chi connectivity index (χ1v) is 7.79. The summed E-state index contributed by atoms with van der Waals surface area (Å²) in [6, 6.07) is 8.99. The number of carbonyl (C=O) groups is 2. The molecule has 0 atom stereocenters. The molecule has 126 valence electrons. The lowest BCUT2D eigenvalue weighted by Crippen LogP contribution is -2.43. The van der Waals surface area contributed by atoms with E-state index in [4.69, 9.17) is 4.74 Å². The number of nitrogens with one attached hydrogen (secondary N) is 3. The molecule has 1 saturated heterocycles. The molecule has 1 aromatic heterocycles. The van der Waals surface area contributed by atoms with Crippen molar-refractivity contribution in [1.82, 2.24) is 20.4 Å². The Balaban J connectivity index is 1.48. The Labute approximate surface area is 139 Å². The van der Waals surface area contributed by atoms with Crippen LogP contribution in [0.4, 0.5) is 15.3 Å². The van der Waals surface area contributed by atoms with Crippen LogP contribution in [0.3, 0.4) is 0 Å². The summed E-state index contributed by atoms with van der Waals surface area (Å²) in [5.74, 6) is 0. The van der Waals surface area contributed by atoms with Gasteiger partial charge in [0, 0.05) is 37.1 Å². The van der Waals surface area contributed by atoms with Gasteiger partial charge in [-0.3, -0.25) is 5.10 Å². The van der Waals surface area contributed by atoms with Gasteiger partial charge in [-0.2, -0.15) is 5.10 Å². The van der Waals surface area contributed by atoms with Crippen molar-refractivity contribution >= 4 is 17.8 Å². The van der Waals surface area contributed by atoms with Gasteiger partial charge < -0.3 is 20.3 Å². The Morgan fingerprint density at radius 2 is 2.29 bits per heavy atom. The molecule has 0 bridgehead atoms. The summed E-state index contributed by atoms with van der Waals surface area (Å²) in [5, 5.41) is 12.3. The van der Waals surface area contributed by atoms with Gasteiger partial charge in [0.25, 0.3) is 0 Å². The molecule has 0 radical (unpaired) electrons. The maximum atomic E-state index is 12.0. The Morgan fingerprint density at radius 3 is 3.08 bits per heavy atom. The molecule has 3 amide bonds. The van der Waals surface area contributed by atoms with Crippen LogP contribution in [0.5, 0.6) is 0 Å². The topological polar surface area (TPSA) is 99.3 Å². The Bertz CT molecular complexity index is 701. The average molecular weight is 329 g/mol. The van der Waals surface area contributed by atoms with Crippen LogP contribution in [0.25, 0.3) is 11.3 Å². The SMILES string of the molecule is O=C(NCCN1CCCOC1=O)Nc1cccc(-c2ccn[nH]2)c1. The second-order valence-corrected chi connectivity index (χ2v) is 5.39. The normalized spacial score (nSPS) is 14.2. The summed E-state index contributed by atoms with van der Waals surface area (Å²) in [6.45, 7) is 1.92.